The Kier molecular flexibility index (Phi) is 3.21. The zero-order valence-electron chi connectivity index (χ0n) is 9.87. The average Bonchev–Trinajstić information content (AvgIpc) is 2.90. The maximum absolute atomic E-state index is 12.1. The van der Waals surface area contributed by atoms with Crippen molar-refractivity contribution in [3.8, 4) is 5.75 Å². The number of rotatable bonds is 2. The van der Waals surface area contributed by atoms with Crippen molar-refractivity contribution in [2.45, 2.75) is 0 Å². The number of carbonyl (C=O) groups is 1. The van der Waals surface area contributed by atoms with Gasteiger partial charge in [0.2, 0.25) is 0 Å². The van der Waals surface area contributed by atoms with Crippen LogP contribution in [0.3, 0.4) is 0 Å². The molecule has 0 aliphatic heterocycles. The summed E-state index contributed by atoms with van der Waals surface area (Å²) in [6.45, 7) is 0. The van der Waals surface area contributed by atoms with E-state index in [0.717, 1.165) is 11.7 Å². The molecule has 0 saturated carbocycles. The lowest BCUT2D eigenvalue weighted by Gasteiger charge is -2.07. The molecule has 8 heteroatoms. The molecule has 0 unspecified atom stereocenters. The van der Waals surface area contributed by atoms with Gasteiger partial charge in [0, 0.05) is 6.20 Å². The second kappa shape index (κ2) is 5.03. The Morgan fingerprint density at radius 2 is 2.15 bits per heavy atom. The molecule has 0 fully saturated rings. The first-order chi connectivity index (χ1) is 9.65. The number of aromatic hydroxyl groups is 1. The van der Waals surface area contributed by atoms with Crippen LogP contribution in [0.5, 0.6) is 5.75 Å². The standard InChI is InChI=1S/C12H7ClN4O2S/c13-8-1-2-9-11(17-20-16-9)10(8)15-12(19)6-3-7(18)5-14-4-6/h1-5,18H,(H,15,19). The summed E-state index contributed by atoms with van der Waals surface area (Å²) in [6.07, 6.45) is 2.59. The normalized spacial score (nSPS) is 10.7. The third-order valence-electron chi connectivity index (χ3n) is 2.60. The van der Waals surface area contributed by atoms with Crippen LogP contribution in [0.2, 0.25) is 5.02 Å². The minimum atomic E-state index is -0.434. The highest BCUT2D eigenvalue weighted by molar-refractivity contribution is 7.00. The Hall–Kier alpha value is -2.25. The summed E-state index contributed by atoms with van der Waals surface area (Å²) in [5.74, 6) is -0.520. The maximum atomic E-state index is 12.1. The van der Waals surface area contributed by atoms with Crippen LogP contribution in [0, 0.1) is 0 Å². The number of nitrogens with one attached hydrogen (secondary N) is 1. The molecule has 0 radical (unpaired) electrons. The summed E-state index contributed by atoms with van der Waals surface area (Å²) < 4.78 is 8.19. The van der Waals surface area contributed by atoms with Crippen LogP contribution in [0.1, 0.15) is 10.4 Å². The van der Waals surface area contributed by atoms with Gasteiger partial charge in [0.15, 0.2) is 0 Å². The molecule has 2 aromatic heterocycles. The number of hydrogen-bond donors (Lipinski definition) is 2. The van der Waals surface area contributed by atoms with Crippen molar-refractivity contribution in [2.24, 2.45) is 0 Å². The molecule has 2 N–H and O–H groups in total. The molecule has 0 aliphatic carbocycles. The van der Waals surface area contributed by atoms with Crippen molar-refractivity contribution in [1.82, 2.24) is 13.7 Å². The Balaban J connectivity index is 1.99. The smallest absolute Gasteiger partial charge is 0.257 e. The van der Waals surface area contributed by atoms with E-state index in [2.05, 4.69) is 19.0 Å². The third-order valence-corrected chi connectivity index (χ3v) is 3.46. The van der Waals surface area contributed by atoms with E-state index in [4.69, 9.17) is 11.6 Å². The van der Waals surface area contributed by atoms with Gasteiger partial charge in [0.05, 0.1) is 34.2 Å². The van der Waals surface area contributed by atoms with E-state index in [9.17, 15) is 9.90 Å². The monoisotopic (exact) mass is 306 g/mol. The van der Waals surface area contributed by atoms with Crippen LogP contribution < -0.4 is 5.32 Å². The fourth-order valence-corrected chi connectivity index (χ4v) is 2.43. The number of aromatic nitrogens is 3. The first-order valence-electron chi connectivity index (χ1n) is 5.51. The van der Waals surface area contributed by atoms with E-state index in [1.165, 1.54) is 18.5 Å². The third kappa shape index (κ3) is 2.28. The lowest BCUT2D eigenvalue weighted by molar-refractivity contribution is 0.102. The topological polar surface area (TPSA) is 88.0 Å². The molecule has 1 aromatic carbocycles. The Labute approximate surface area is 122 Å². The number of nitrogens with zero attached hydrogens (tertiary/aromatic N) is 3. The van der Waals surface area contributed by atoms with Crippen LogP contribution >= 0.6 is 23.3 Å². The van der Waals surface area contributed by atoms with Crippen LogP contribution in [-0.2, 0) is 0 Å². The van der Waals surface area contributed by atoms with Crippen LogP contribution in [0.15, 0.2) is 30.6 Å². The second-order valence-corrected chi connectivity index (χ2v) is 4.88. The molecular formula is C12H7ClN4O2S. The van der Waals surface area contributed by atoms with Gasteiger partial charge in [-0.2, -0.15) is 8.75 Å². The number of pyridine rings is 1. The number of anilines is 1. The van der Waals surface area contributed by atoms with Gasteiger partial charge in [-0.25, -0.2) is 0 Å². The highest BCUT2D eigenvalue weighted by atomic mass is 35.5. The number of benzene rings is 1. The summed E-state index contributed by atoms with van der Waals surface area (Å²) in [7, 11) is 0. The molecule has 0 spiro atoms. The van der Waals surface area contributed by atoms with Crippen molar-refractivity contribution in [3.63, 3.8) is 0 Å². The van der Waals surface area contributed by atoms with E-state index in [-0.39, 0.29) is 11.3 Å². The number of amides is 1. The van der Waals surface area contributed by atoms with Gasteiger partial charge in [-0.05, 0) is 18.2 Å². The molecule has 0 saturated heterocycles. The summed E-state index contributed by atoms with van der Waals surface area (Å²) in [6, 6.07) is 4.68. The summed E-state index contributed by atoms with van der Waals surface area (Å²) in [4.78, 5) is 15.9. The van der Waals surface area contributed by atoms with Crippen molar-refractivity contribution in [2.75, 3.05) is 5.32 Å². The highest BCUT2D eigenvalue weighted by Crippen LogP contribution is 2.30. The highest BCUT2D eigenvalue weighted by Gasteiger charge is 2.14. The Morgan fingerprint density at radius 3 is 2.95 bits per heavy atom. The molecule has 2 heterocycles. The summed E-state index contributed by atoms with van der Waals surface area (Å²) in [5, 5.41) is 12.4. The van der Waals surface area contributed by atoms with E-state index >= 15 is 0 Å². The fraction of sp³-hybridized carbons (Fsp3) is 0. The van der Waals surface area contributed by atoms with E-state index in [1.54, 1.807) is 12.1 Å². The van der Waals surface area contributed by atoms with E-state index in [1.807, 2.05) is 0 Å². The lowest BCUT2D eigenvalue weighted by atomic mass is 10.2. The minimum Gasteiger partial charge on any atom is -0.506 e. The second-order valence-electron chi connectivity index (χ2n) is 3.94. The van der Waals surface area contributed by atoms with Crippen LogP contribution in [0.4, 0.5) is 5.69 Å². The molecule has 0 bridgehead atoms. The Bertz CT molecular complexity index is 805. The van der Waals surface area contributed by atoms with Gasteiger partial charge >= 0.3 is 0 Å². The minimum absolute atomic E-state index is 0.0859. The molecule has 3 rings (SSSR count). The quantitative estimate of drug-likeness (QED) is 0.760. The predicted molar refractivity (Wildman–Crippen MR) is 76.3 cm³/mol. The molecular weight excluding hydrogens is 300 g/mol. The molecule has 0 atom stereocenters. The van der Waals surface area contributed by atoms with E-state index < -0.39 is 5.91 Å². The van der Waals surface area contributed by atoms with E-state index in [0.29, 0.717) is 21.7 Å². The number of fused-ring (bicyclic) bond motifs is 1. The van der Waals surface area contributed by atoms with Gasteiger partial charge in [0.1, 0.15) is 16.8 Å². The summed E-state index contributed by atoms with van der Waals surface area (Å²) in [5.41, 5.74) is 1.81. The van der Waals surface area contributed by atoms with Gasteiger partial charge in [-0.3, -0.25) is 9.78 Å². The van der Waals surface area contributed by atoms with Gasteiger partial charge in [-0.15, -0.1) is 0 Å². The van der Waals surface area contributed by atoms with Crippen molar-refractivity contribution >= 4 is 46.0 Å². The SMILES string of the molecule is O=C(Nc1c(Cl)ccc2nsnc12)c1cncc(O)c1. The van der Waals surface area contributed by atoms with Crippen molar-refractivity contribution in [3.05, 3.63) is 41.2 Å². The molecule has 20 heavy (non-hydrogen) atoms. The molecule has 6 nitrogen and oxygen atoms in total. The van der Waals surface area contributed by atoms with Crippen LogP contribution in [-0.4, -0.2) is 24.7 Å². The average molecular weight is 307 g/mol. The number of halogens is 1. The number of hydrogen-bond acceptors (Lipinski definition) is 6. The molecule has 1 amide bonds. The zero-order valence-corrected chi connectivity index (χ0v) is 11.4. The zero-order chi connectivity index (χ0) is 14.1. The predicted octanol–water partition coefficient (Wildman–Crippen LogP) is 2.70. The number of carbonyl (C=O) groups excluding carboxylic acids is 1. The largest absolute Gasteiger partial charge is 0.506 e. The lowest BCUT2D eigenvalue weighted by Crippen LogP contribution is -2.12. The fourth-order valence-electron chi connectivity index (χ4n) is 1.68. The van der Waals surface area contributed by atoms with Gasteiger partial charge < -0.3 is 10.4 Å². The van der Waals surface area contributed by atoms with Crippen molar-refractivity contribution in [1.29, 1.82) is 0 Å². The molecule has 0 aliphatic rings. The first kappa shape index (κ1) is 12.8. The van der Waals surface area contributed by atoms with Gasteiger partial charge in [-0.1, -0.05) is 11.6 Å². The Morgan fingerprint density at radius 1 is 1.30 bits per heavy atom. The van der Waals surface area contributed by atoms with Crippen molar-refractivity contribution < 1.29 is 9.90 Å². The molecule has 100 valence electrons. The van der Waals surface area contributed by atoms with Gasteiger partial charge in [0.25, 0.3) is 5.91 Å². The molecule has 3 aromatic rings. The first-order valence-corrected chi connectivity index (χ1v) is 6.62. The summed E-state index contributed by atoms with van der Waals surface area (Å²) >= 11 is 7.12. The van der Waals surface area contributed by atoms with Crippen LogP contribution in [0.25, 0.3) is 11.0 Å². The maximum Gasteiger partial charge on any atom is 0.257 e.